The molecule has 3 rings (SSSR count). The van der Waals surface area contributed by atoms with Crippen LogP contribution in [0.5, 0.6) is 0 Å². The molecule has 0 spiro atoms. The first-order valence-electron chi connectivity index (χ1n) is 9.32. The molecule has 2 amide bonds. The van der Waals surface area contributed by atoms with E-state index < -0.39 is 5.91 Å². The zero-order valence-electron chi connectivity index (χ0n) is 16.1. The fraction of sp³-hybridized carbons (Fsp3) is 0.400. The second-order valence-corrected chi connectivity index (χ2v) is 6.74. The average molecular weight is 403 g/mol. The summed E-state index contributed by atoms with van der Waals surface area (Å²) < 4.78 is 22.8. The van der Waals surface area contributed by atoms with Gasteiger partial charge in [0, 0.05) is 37.9 Å². The molecule has 0 bridgehead atoms. The molecular formula is C20H22FN3O5. The molecule has 1 aliphatic rings. The zero-order valence-corrected chi connectivity index (χ0v) is 16.1. The van der Waals surface area contributed by atoms with Crippen LogP contribution in [0.3, 0.4) is 0 Å². The van der Waals surface area contributed by atoms with Gasteiger partial charge in [-0.1, -0.05) is 17.3 Å². The summed E-state index contributed by atoms with van der Waals surface area (Å²) in [5.74, 6) is -0.617. The second kappa shape index (κ2) is 9.31. The maximum atomic E-state index is 13.0. The summed E-state index contributed by atoms with van der Waals surface area (Å²) in [7, 11) is 1.31. The van der Waals surface area contributed by atoms with Crippen molar-refractivity contribution in [2.24, 2.45) is 0 Å². The van der Waals surface area contributed by atoms with Gasteiger partial charge in [-0.05, 0) is 24.1 Å². The van der Waals surface area contributed by atoms with Gasteiger partial charge in [-0.2, -0.15) is 0 Å². The van der Waals surface area contributed by atoms with E-state index in [1.807, 2.05) is 0 Å². The van der Waals surface area contributed by atoms with Gasteiger partial charge in [0.05, 0.1) is 13.7 Å². The highest BCUT2D eigenvalue weighted by Crippen LogP contribution is 2.23. The first-order valence-corrected chi connectivity index (χ1v) is 9.32. The highest BCUT2D eigenvalue weighted by atomic mass is 19.1. The topological polar surface area (TPSA) is 102 Å². The molecule has 0 saturated heterocycles. The molecule has 0 radical (unpaired) electrons. The van der Waals surface area contributed by atoms with E-state index in [4.69, 9.17) is 4.52 Å². The normalized spacial score (nSPS) is 13.0. The molecule has 2 heterocycles. The largest absolute Gasteiger partial charge is 0.469 e. The Balaban J connectivity index is 1.58. The van der Waals surface area contributed by atoms with Gasteiger partial charge in [0.1, 0.15) is 11.6 Å². The summed E-state index contributed by atoms with van der Waals surface area (Å²) in [4.78, 5) is 37.7. The summed E-state index contributed by atoms with van der Waals surface area (Å²) in [6.07, 6.45) is 1.28. The lowest BCUT2D eigenvalue weighted by Crippen LogP contribution is -2.36. The van der Waals surface area contributed by atoms with E-state index in [0.717, 1.165) is 5.56 Å². The Kier molecular flexibility index (Phi) is 6.58. The highest BCUT2D eigenvalue weighted by molar-refractivity contribution is 5.94. The van der Waals surface area contributed by atoms with E-state index in [1.54, 1.807) is 17.0 Å². The number of amides is 2. The molecule has 0 saturated carbocycles. The minimum absolute atomic E-state index is 0.0987. The van der Waals surface area contributed by atoms with Crippen molar-refractivity contribution < 1.29 is 28.0 Å². The number of fused-ring (bicyclic) bond motifs is 1. The standard InChI is InChI=1S/C20H22FN3O5/c1-28-18(26)4-2-3-17(25)24-10-9-16-15(12-24)19(23-29-16)20(27)22-11-13-5-7-14(21)8-6-13/h5-8H,2-4,9-12H2,1H3,(H,22,27). The minimum Gasteiger partial charge on any atom is -0.469 e. The van der Waals surface area contributed by atoms with Gasteiger partial charge in [-0.15, -0.1) is 0 Å². The lowest BCUT2D eigenvalue weighted by molar-refractivity contribution is -0.141. The van der Waals surface area contributed by atoms with Crippen LogP contribution >= 0.6 is 0 Å². The van der Waals surface area contributed by atoms with Crippen LogP contribution in [0, 0.1) is 5.82 Å². The zero-order chi connectivity index (χ0) is 20.8. The number of nitrogens with zero attached hydrogens (tertiary/aromatic N) is 2. The summed E-state index contributed by atoms with van der Waals surface area (Å²) in [6.45, 7) is 0.919. The number of esters is 1. The Bertz CT molecular complexity index is 894. The molecule has 0 fully saturated rings. The van der Waals surface area contributed by atoms with Gasteiger partial charge >= 0.3 is 5.97 Å². The quantitative estimate of drug-likeness (QED) is 0.710. The third kappa shape index (κ3) is 5.18. The fourth-order valence-corrected chi connectivity index (χ4v) is 3.11. The van der Waals surface area contributed by atoms with E-state index in [-0.39, 0.29) is 49.3 Å². The first kappa shape index (κ1) is 20.5. The first-order chi connectivity index (χ1) is 14.0. The number of methoxy groups -OCH3 is 1. The molecule has 154 valence electrons. The highest BCUT2D eigenvalue weighted by Gasteiger charge is 2.29. The fourth-order valence-electron chi connectivity index (χ4n) is 3.11. The van der Waals surface area contributed by atoms with Crippen molar-refractivity contribution in [3.63, 3.8) is 0 Å². The number of carbonyl (C=O) groups excluding carboxylic acids is 3. The maximum absolute atomic E-state index is 13.0. The predicted molar refractivity (Wildman–Crippen MR) is 99.1 cm³/mol. The van der Waals surface area contributed by atoms with E-state index in [0.29, 0.717) is 30.7 Å². The van der Waals surface area contributed by atoms with Crippen LogP contribution in [0.1, 0.15) is 46.6 Å². The molecule has 9 heteroatoms. The summed E-state index contributed by atoms with van der Waals surface area (Å²) in [5, 5.41) is 6.60. The van der Waals surface area contributed by atoms with Crippen molar-refractivity contribution in [2.75, 3.05) is 13.7 Å². The van der Waals surface area contributed by atoms with Crippen LogP contribution < -0.4 is 5.32 Å². The van der Waals surface area contributed by atoms with Crippen molar-refractivity contribution in [3.05, 3.63) is 52.7 Å². The van der Waals surface area contributed by atoms with Crippen LogP contribution in [0.15, 0.2) is 28.8 Å². The van der Waals surface area contributed by atoms with Crippen LogP contribution in [0.2, 0.25) is 0 Å². The van der Waals surface area contributed by atoms with Gasteiger partial charge in [-0.3, -0.25) is 14.4 Å². The van der Waals surface area contributed by atoms with Gasteiger partial charge in [0.2, 0.25) is 5.91 Å². The van der Waals surface area contributed by atoms with Crippen molar-refractivity contribution in [3.8, 4) is 0 Å². The number of benzene rings is 1. The van der Waals surface area contributed by atoms with Crippen molar-refractivity contribution in [2.45, 2.75) is 38.8 Å². The lowest BCUT2D eigenvalue weighted by atomic mass is 10.0. The van der Waals surface area contributed by atoms with E-state index >= 15 is 0 Å². The van der Waals surface area contributed by atoms with E-state index in [9.17, 15) is 18.8 Å². The predicted octanol–water partition coefficient (Wildman–Crippen LogP) is 1.97. The Morgan fingerprint density at radius 3 is 2.72 bits per heavy atom. The average Bonchev–Trinajstić information content (AvgIpc) is 3.16. The number of ether oxygens (including phenoxy) is 1. The number of aromatic nitrogens is 1. The number of carbonyl (C=O) groups is 3. The Hall–Kier alpha value is -3.23. The maximum Gasteiger partial charge on any atom is 0.305 e. The number of nitrogens with one attached hydrogen (secondary N) is 1. The van der Waals surface area contributed by atoms with Crippen molar-refractivity contribution in [1.82, 2.24) is 15.4 Å². The van der Waals surface area contributed by atoms with Gasteiger partial charge in [-0.25, -0.2) is 4.39 Å². The summed E-state index contributed by atoms with van der Waals surface area (Å²) in [5.41, 5.74) is 1.49. The molecule has 0 unspecified atom stereocenters. The number of halogens is 1. The van der Waals surface area contributed by atoms with Gasteiger partial charge < -0.3 is 19.5 Å². The van der Waals surface area contributed by atoms with E-state index in [1.165, 1.54) is 19.2 Å². The van der Waals surface area contributed by atoms with Crippen molar-refractivity contribution >= 4 is 17.8 Å². The SMILES string of the molecule is COC(=O)CCCC(=O)N1CCc2onc(C(=O)NCc3ccc(F)cc3)c2C1. The third-order valence-electron chi connectivity index (χ3n) is 4.76. The van der Waals surface area contributed by atoms with Crippen LogP contribution in [-0.4, -0.2) is 41.5 Å². The van der Waals surface area contributed by atoms with Crippen LogP contribution in [0.4, 0.5) is 4.39 Å². The molecule has 1 N–H and O–H groups in total. The molecule has 8 nitrogen and oxygen atoms in total. The monoisotopic (exact) mass is 403 g/mol. The third-order valence-corrected chi connectivity index (χ3v) is 4.76. The molecule has 29 heavy (non-hydrogen) atoms. The summed E-state index contributed by atoms with van der Waals surface area (Å²) >= 11 is 0. The molecule has 1 aromatic carbocycles. The Morgan fingerprint density at radius 2 is 2.00 bits per heavy atom. The minimum atomic E-state index is -0.417. The molecule has 1 aromatic heterocycles. The van der Waals surface area contributed by atoms with Crippen molar-refractivity contribution in [1.29, 1.82) is 0 Å². The van der Waals surface area contributed by atoms with Gasteiger partial charge in [0.25, 0.3) is 5.91 Å². The smallest absolute Gasteiger partial charge is 0.305 e. The summed E-state index contributed by atoms with van der Waals surface area (Å²) in [6, 6.07) is 5.82. The number of rotatable bonds is 7. The molecule has 0 aliphatic carbocycles. The van der Waals surface area contributed by atoms with E-state index in [2.05, 4.69) is 15.2 Å². The number of hydrogen-bond acceptors (Lipinski definition) is 6. The molecule has 0 atom stereocenters. The van der Waals surface area contributed by atoms with Crippen LogP contribution in [-0.2, 0) is 33.8 Å². The van der Waals surface area contributed by atoms with Gasteiger partial charge in [0.15, 0.2) is 5.69 Å². The molecule has 1 aliphatic heterocycles. The Morgan fingerprint density at radius 1 is 1.24 bits per heavy atom. The van der Waals surface area contributed by atoms with Crippen LogP contribution in [0.25, 0.3) is 0 Å². The molecular weight excluding hydrogens is 381 g/mol. The second-order valence-electron chi connectivity index (χ2n) is 6.74. The molecule has 2 aromatic rings. The number of hydrogen-bond donors (Lipinski definition) is 1. The Labute approximate surface area is 167 Å². The lowest BCUT2D eigenvalue weighted by Gasteiger charge is -2.26.